The van der Waals surface area contributed by atoms with Gasteiger partial charge in [-0.3, -0.25) is 9.65 Å². The van der Waals surface area contributed by atoms with E-state index in [0.29, 0.717) is 6.42 Å². The first-order valence-electron chi connectivity index (χ1n) is 5.74. The van der Waals surface area contributed by atoms with Crippen LogP contribution in [0.5, 0.6) is 0 Å². The van der Waals surface area contributed by atoms with Gasteiger partial charge in [0.05, 0.1) is 11.3 Å². The Labute approximate surface area is 106 Å². The summed E-state index contributed by atoms with van der Waals surface area (Å²) >= 11 is 0. The van der Waals surface area contributed by atoms with Crippen molar-refractivity contribution in [3.8, 4) is 0 Å². The Kier molecular flexibility index (Phi) is 5.73. The number of aromatic nitrogens is 3. The molecule has 0 aliphatic carbocycles. The summed E-state index contributed by atoms with van der Waals surface area (Å²) in [4.78, 5) is 0. The van der Waals surface area contributed by atoms with Crippen LogP contribution in [0.2, 0.25) is 0 Å². The number of rotatable bonds is 4. The Morgan fingerprint density at radius 3 is 2.61 bits per heavy atom. The summed E-state index contributed by atoms with van der Waals surface area (Å²) in [7, 11) is -3.70. The maximum Gasteiger partial charge on any atom is 0.264 e. The number of benzene rings is 1. The molecule has 0 fully saturated rings. The third-order valence-corrected chi connectivity index (χ3v) is 3.04. The summed E-state index contributed by atoms with van der Waals surface area (Å²) in [5.74, 6) is -0.0964. The van der Waals surface area contributed by atoms with Gasteiger partial charge < -0.3 is 0 Å². The zero-order valence-electron chi connectivity index (χ0n) is 10.2. The fourth-order valence-corrected chi connectivity index (χ4v) is 1.89. The molecule has 6 nitrogen and oxygen atoms in total. The van der Waals surface area contributed by atoms with E-state index >= 15 is 0 Å². The topological polar surface area (TPSA) is 95.9 Å². The second-order valence-corrected chi connectivity index (χ2v) is 5.39. The van der Waals surface area contributed by atoms with Gasteiger partial charge in [-0.1, -0.05) is 37.1 Å². The molecular formula is C11H17N3O3S. The maximum atomic E-state index is 10.1. The summed E-state index contributed by atoms with van der Waals surface area (Å²) in [6.07, 6.45) is 2.39. The van der Waals surface area contributed by atoms with Gasteiger partial charge in [0.1, 0.15) is 5.52 Å². The normalized spacial score (nSPS) is 11.0. The van der Waals surface area contributed by atoms with Gasteiger partial charge in [0, 0.05) is 0 Å². The van der Waals surface area contributed by atoms with Gasteiger partial charge in [-0.15, -0.1) is 5.10 Å². The van der Waals surface area contributed by atoms with E-state index in [1.54, 1.807) is 0 Å². The lowest BCUT2D eigenvalue weighted by atomic mass is 10.3. The van der Waals surface area contributed by atoms with E-state index in [4.69, 9.17) is 4.55 Å². The molecule has 0 aliphatic heterocycles. The molecule has 0 bridgehead atoms. The number of unbranched alkanes of at least 4 members (excludes halogenated alkanes) is 2. The lowest BCUT2D eigenvalue weighted by Crippen LogP contribution is -2.02. The summed E-state index contributed by atoms with van der Waals surface area (Å²) in [6.45, 7) is 1.98. The molecule has 2 N–H and O–H groups in total. The summed E-state index contributed by atoms with van der Waals surface area (Å²) in [5.41, 5.74) is 1.90. The van der Waals surface area contributed by atoms with Crippen molar-refractivity contribution in [1.29, 1.82) is 0 Å². The van der Waals surface area contributed by atoms with Crippen molar-refractivity contribution in [2.24, 2.45) is 0 Å². The average molecular weight is 271 g/mol. The number of fused-ring (bicyclic) bond motifs is 1. The SMILES string of the molecule is CCCCCS(=O)(=O)O.c1ccc2[nH]nnc2c1. The first kappa shape index (κ1) is 14.6. The molecule has 0 saturated heterocycles. The van der Waals surface area contributed by atoms with Gasteiger partial charge in [-0.2, -0.15) is 8.42 Å². The van der Waals surface area contributed by atoms with Crippen molar-refractivity contribution in [3.05, 3.63) is 24.3 Å². The van der Waals surface area contributed by atoms with Crippen molar-refractivity contribution in [2.45, 2.75) is 26.2 Å². The lowest BCUT2D eigenvalue weighted by Gasteiger charge is -1.92. The second-order valence-electron chi connectivity index (χ2n) is 3.82. The average Bonchev–Trinajstić information content (AvgIpc) is 2.76. The van der Waals surface area contributed by atoms with Gasteiger partial charge in [0.15, 0.2) is 0 Å². The molecule has 0 radical (unpaired) electrons. The molecule has 0 aliphatic rings. The molecule has 0 atom stereocenters. The molecule has 2 aromatic rings. The highest BCUT2D eigenvalue weighted by molar-refractivity contribution is 7.85. The van der Waals surface area contributed by atoms with E-state index in [1.165, 1.54) is 0 Å². The Morgan fingerprint density at radius 1 is 1.28 bits per heavy atom. The molecule has 1 aromatic carbocycles. The minimum atomic E-state index is -3.70. The molecule has 100 valence electrons. The monoisotopic (exact) mass is 271 g/mol. The van der Waals surface area contributed by atoms with E-state index in [-0.39, 0.29) is 5.75 Å². The van der Waals surface area contributed by atoms with Gasteiger partial charge in [0.25, 0.3) is 10.1 Å². The van der Waals surface area contributed by atoms with E-state index < -0.39 is 10.1 Å². The first-order chi connectivity index (χ1) is 8.53. The second kappa shape index (κ2) is 7.07. The van der Waals surface area contributed by atoms with Crippen molar-refractivity contribution in [1.82, 2.24) is 15.4 Å². The van der Waals surface area contributed by atoms with Gasteiger partial charge in [-0.05, 0) is 18.6 Å². The summed E-state index contributed by atoms with van der Waals surface area (Å²) < 4.78 is 28.3. The van der Waals surface area contributed by atoms with Crippen molar-refractivity contribution >= 4 is 21.2 Å². The van der Waals surface area contributed by atoms with Crippen LogP contribution < -0.4 is 0 Å². The van der Waals surface area contributed by atoms with E-state index in [2.05, 4.69) is 15.4 Å². The summed E-state index contributed by atoms with van der Waals surface area (Å²) in [5, 5.41) is 10.2. The number of hydrogen-bond acceptors (Lipinski definition) is 4. The third kappa shape index (κ3) is 5.74. The molecule has 0 spiro atoms. The van der Waals surface area contributed by atoms with Gasteiger partial charge >= 0.3 is 0 Å². The first-order valence-corrected chi connectivity index (χ1v) is 7.35. The molecule has 0 unspecified atom stereocenters. The number of para-hydroxylation sites is 1. The zero-order chi connectivity index (χ0) is 13.4. The minimum Gasteiger partial charge on any atom is -0.286 e. The van der Waals surface area contributed by atoms with Gasteiger partial charge in [-0.25, -0.2) is 0 Å². The van der Waals surface area contributed by atoms with Crippen molar-refractivity contribution in [2.75, 3.05) is 5.75 Å². The molecule has 7 heteroatoms. The largest absolute Gasteiger partial charge is 0.286 e. The summed E-state index contributed by atoms with van der Waals surface area (Å²) in [6, 6.07) is 7.74. The van der Waals surface area contributed by atoms with Crippen LogP contribution in [0.4, 0.5) is 0 Å². The molecule has 2 rings (SSSR count). The number of aromatic amines is 1. The maximum absolute atomic E-state index is 10.1. The van der Waals surface area contributed by atoms with Crippen LogP contribution in [-0.4, -0.2) is 34.1 Å². The predicted molar refractivity (Wildman–Crippen MR) is 69.8 cm³/mol. The van der Waals surface area contributed by atoms with Crippen LogP contribution in [0.1, 0.15) is 26.2 Å². The quantitative estimate of drug-likeness (QED) is 0.655. The van der Waals surface area contributed by atoms with E-state index in [1.807, 2.05) is 31.2 Å². The van der Waals surface area contributed by atoms with E-state index in [9.17, 15) is 8.42 Å². The fraction of sp³-hybridized carbons (Fsp3) is 0.455. The predicted octanol–water partition coefficient (Wildman–Crippen LogP) is 2.02. The minimum absolute atomic E-state index is 0.0964. The number of hydrogen-bond donors (Lipinski definition) is 2. The number of nitrogens with zero attached hydrogens (tertiary/aromatic N) is 2. The third-order valence-electron chi connectivity index (χ3n) is 2.24. The van der Waals surface area contributed by atoms with Crippen molar-refractivity contribution in [3.63, 3.8) is 0 Å². The van der Waals surface area contributed by atoms with Crippen LogP contribution in [0.3, 0.4) is 0 Å². The Hall–Kier alpha value is -1.47. The number of nitrogens with one attached hydrogen (secondary N) is 1. The Morgan fingerprint density at radius 2 is 2.00 bits per heavy atom. The Balaban J connectivity index is 0.000000180. The highest BCUT2D eigenvalue weighted by atomic mass is 32.2. The van der Waals surface area contributed by atoms with E-state index in [0.717, 1.165) is 23.9 Å². The fourth-order valence-electron chi connectivity index (χ4n) is 1.32. The highest BCUT2D eigenvalue weighted by Crippen LogP contribution is 2.03. The van der Waals surface area contributed by atoms with Crippen LogP contribution >= 0.6 is 0 Å². The molecule has 1 aromatic heterocycles. The zero-order valence-corrected chi connectivity index (χ0v) is 11.0. The van der Waals surface area contributed by atoms with Crippen LogP contribution in [0, 0.1) is 0 Å². The van der Waals surface area contributed by atoms with Crippen molar-refractivity contribution < 1.29 is 13.0 Å². The van der Waals surface area contributed by atoms with Crippen LogP contribution in [0.15, 0.2) is 24.3 Å². The molecule has 18 heavy (non-hydrogen) atoms. The molecule has 0 saturated carbocycles. The highest BCUT2D eigenvalue weighted by Gasteiger charge is 2.01. The standard InChI is InChI=1S/C6H5N3.C5H12O3S/c1-2-4-6-5(3-1)7-9-8-6;1-2-3-4-5-9(6,7)8/h1-4H,(H,7,8,9);2-5H2,1H3,(H,6,7,8). The molecular weight excluding hydrogens is 254 g/mol. The Bertz CT molecular complexity index is 535. The van der Waals surface area contributed by atoms with Crippen LogP contribution in [0.25, 0.3) is 11.0 Å². The molecule has 0 amide bonds. The van der Waals surface area contributed by atoms with Crippen LogP contribution in [-0.2, 0) is 10.1 Å². The van der Waals surface area contributed by atoms with Gasteiger partial charge in [0.2, 0.25) is 0 Å². The molecule has 1 heterocycles. The number of H-pyrrole nitrogens is 1. The smallest absolute Gasteiger partial charge is 0.264 e. The lowest BCUT2D eigenvalue weighted by molar-refractivity contribution is 0.480.